The summed E-state index contributed by atoms with van der Waals surface area (Å²) in [7, 11) is 0. The minimum Gasteiger partial charge on any atom is -0.356 e. The van der Waals surface area contributed by atoms with Gasteiger partial charge in [0.05, 0.1) is 5.69 Å². The fourth-order valence-corrected chi connectivity index (χ4v) is 5.43. The fraction of sp³-hybridized carbons (Fsp3) is 0.652. The second-order valence-corrected chi connectivity index (χ2v) is 9.36. The van der Waals surface area contributed by atoms with Crippen LogP contribution in [0.25, 0.3) is 0 Å². The number of rotatable bonds is 5. The van der Waals surface area contributed by atoms with E-state index in [0.717, 1.165) is 56.1 Å². The smallest absolute Gasteiger partial charge is 0.226 e. The number of likely N-dealkylation sites (tertiary alicyclic amines) is 1. The van der Waals surface area contributed by atoms with E-state index in [9.17, 15) is 4.79 Å². The maximum atomic E-state index is 11.9. The maximum Gasteiger partial charge on any atom is 0.226 e. The van der Waals surface area contributed by atoms with Crippen molar-refractivity contribution in [1.82, 2.24) is 24.4 Å². The first-order valence-corrected chi connectivity index (χ1v) is 11.7. The van der Waals surface area contributed by atoms with Crippen LogP contribution in [0.3, 0.4) is 0 Å². The molecule has 8 heteroatoms. The number of aryl methyl sites for hydroxylation is 1. The zero-order valence-corrected chi connectivity index (χ0v) is 18.7. The lowest BCUT2D eigenvalue weighted by Gasteiger charge is -2.35. The van der Waals surface area contributed by atoms with Gasteiger partial charge in [-0.1, -0.05) is 6.92 Å². The van der Waals surface area contributed by atoms with Crippen molar-refractivity contribution in [2.75, 3.05) is 42.9 Å². The number of carbonyl (C=O) groups excluding carboxylic acids is 1. The Kier molecular flexibility index (Phi) is 5.65. The van der Waals surface area contributed by atoms with Gasteiger partial charge in [0.25, 0.3) is 0 Å². The van der Waals surface area contributed by atoms with Gasteiger partial charge in [-0.25, -0.2) is 15.0 Å². The van der Waals surface area contributed by atoms with E-state index in [1.54, 1.807) is 6.33 Å². The van der Waals surface area contributed by atoms with Crippen molar-refractivity contribution in [2.45, 2.75) is 64.3 Å². The number of aromatic nitrogens is 4. The number of amides is 1. The average molecular weight is 424 g/mol. The molecule has 2 aromatic heterocycles. The van der Waals surface area contributed by atoms with Gasteiger partial charge in [-0.15, -0.1) is 0 Å². The van der Waals surface area contributed by atoms with Crippen LogP contribution in [0.5, 0.6) is 0 Å². The Morgan fingerprint density at radius 2 is 1.87 bits per heavy atom. The third-order valence-corrected chi connectivity index (χ3v) is 7.05. The molecule has 166 valence electrons. The highest BCUT2D eigenvalue weighted by atomic mass is 16.1. The van der Waals surface area contributed by atoms with E-state index < -0.39 is 0 Å². The first-order valence-electron chi connectivity index (χ1n) is 11.7. The molecular weight excluding hydrogens is 390 g/mol. The molecule has 0 aliphatic carbocycles. The van der Waals surface area contributed by atoms with E-state index in [2.05, 4.69) is 49.7 Å². The Labute approximate surface area is 184 Å². The molecule has 0 unspecified atom stereocenters. The van der Waals surface area contributed by atoms with Gasteiger partial charge in [-0.05, 0) is 51.6 Å². The van der Waals surface area contributed by atoms with Crippen LogP contribution < -0.4 is 10.2 Å². The quantitative estimate of drug-likeness (QED) is 0.797. The summed E-state index contributed by atoms with van der Waals surface area (Å²) in [5, 5.41) is 2.92. The van der Waals surface area contributed by atoms with Crippen molar-refractivity contribution in [3.8, 4) is 0 Å². The number of imidazole rings is 1. The van der Waals surface area contributed by atoms with Crippen LogP contribution in [0.15, 0.2) is 12.5 Å². The van der Waals surface area contributed by atoms with Gasteiger partial charge in [0.2, 0.25) is 5.91 Å². The molecule has 0 spiro atoms. The van der Waals surface area contributed by atoms with Gasteiger partial charge in [-0.3, -0.25) is 4.79 Å². The van der Waals surface area contributed by atoms with Gasteiger partial charge in [0.1, 0.15) is 23.8 Å². The Morgan fingerprint density at radius 3 is 2.65 bits per heavy atom. The maximum absolute atomic E-state index is 11.9. The molecule has 5 rings (SSSR count). The number of hydrogen-bond donors (Lipinski definition) is 1. The number of nitrogens with one attached hydrogen (secondary N) is 1. The third-order valence-electron chi connectivity index (χ3n) is 7.05. The molecule has 3 aliphatic heterocycles. The SMILES string of the molecule is Cc1cn(CCN2CCCC2)c(C2CCN(c3ncnc4c3[C@H](C)CC(=O)N4)CC2)n1. The molecule has 31 heavy (non-hydrogen) atoms. The molecule has 3 aliphatic rings. The number of hydrogen-bond acceptors (Lipinski definition) is 6. The van der Waals surface area contributed by atoms with Crippen LogP contribution >= 0.6 is 0 Å². The van der Waals surface area contributed by atoms with Gasteiger partial charge >= 0.3 is 0 Å². The predicted molar refractivity (Wildman–Crippen MR) is 121 cm³/mol. The fourth-order valence-electron chi connectivity index (χ4n) is 5.43. The highest BCUT2D eigenvalue weighted by molar-refractivity contribution is 5.94. The minimum absolute atomic E-state index is 0.0412. The summed E-state index contributed by atoms with van der Waals surface area (Å²) < 4.78 is 2.40. The number of carbonyl (C=O) groups is 1. The second-order valence-electron chi connectivity index (χ2n) is 9.36. The molecule has 2 fully saturated rings. The molecule has 5 heterocycles. The number of piperidine rings is 1. The summed E-state index contributed by atoms with van der Waals surface area (Å²) in [6.07, 6.45) is 9.11. The molecule has 0 aromatic carbocycles. The standard InChI is InChI=1S/C23H33N7O/c1-16-13-19(31)27-21-20(16)23(25-15-24-21)29-9-5-18(6-10-29)22-26-17(2)14-30(22)12-11-28-7-3-4-8-28/h14-16,18H,3-13H2,1-2H3,(H,24,25,27,31)/t16-/m1/s1. The molecule has 0 radical (unpaired) electrons. The van der Waals surface area contributed by atoms with E-state index in [1.165, 1.54) is 31.8 Å². The molecule has 1 amide bonds. The Balaban J connectivity index is 1.28. The molecule has 1 atom stereocenters. The first-order chi connectivity index (χ1) is 15.1. The molecule has 8 nitrogen and oxygen atoms in total. The normalized spacial score (nSPS) is 22.6. The van der Waals surface area contributed by atoms with Gasteiger partial charge in [0.15, 0.2) is 0 Å². The topological polar surface area (TPSA) is 79.2 Å². The van der Waals surface area contributed by atoms with E-state index in [-0.39, 0.29) is 11.8 Å². The summed E-state index contributed by atoms with van der Waals surface area (Å²) in [5.41, 5.74) is 2.21. The van der Waals surface area contributed by atoms with Crippen LogP contribution in [0.1, 0.15) is 67.9 Å². The van der Waals surface area contributed by atoms with Crippen LogP contribution in [0.2, 0.25) is 0 Å². The zero-order valence-electron chi connectivity index (χ0n) is 18.7. The van der Waals surface area contributed by atoms with Crippen molar-refractivity contribution < 1.29 is 4.79 Å². The van der Waals surface area contributed by atoms with Crippen LogP contribution in [-0.2, 0) is 11.3 Å². The van der Waals surface area contributed by atoms with Crippen molar-refractivity contribution in [1.29, 1.82) is 0 Å². The van der Waals surface area contributed by atoms with Crippen LogP contribution in [0.4, 0.5) is 11.6 Å². The summed E-state index contributed by atoms with van der Waals surface area (Å²) >= 11 is 0. The van der Waals surface area contributed by atoms with Crippen LogP contribution in [-0.4, -0.2) is 63.0 Å². The molecule has 2 saturated heterocycles. The van der Waals surface area contributed by atoms with E-state index in [0.29, 0.717) is 18.2 Å². The largest absolute Gasteiger partial charge is 0.356 e. The molecular formula is C23H33N7O. The van der Waals surface area contributed by atoms with E-state index >= 15 is 0 Å². The lowest BCUT2D eigenvalue weighted by atomic mass is 9.92. The first kappa shape index (κ1) is 20.4. The van der Waals surface area contributed by atoms with Crippen molar-refractivity contribution in [2.24, 2.45) is 0 Å². The second kappa shape index (κ2) is 8.57. The van der Waals surface area contributed by atoms with Gasteiger partial charge in [-0.2, -0.15) is 0 Å². The Morgan fingerprint density at radius 1 is 1.10 bits per heavy atom. The van der Waals surface area contributed by atoms with Gasteiger partial charge < -0.3 is 19.7 Å². The average Bonchev–Trinajstić information content (AvgIpc) is 3.41. The summed E-state index contributed by atoms with van der Waals surface area (Å²) in [6.45, 7) is 10.7. The lowest BCUT2D eigenvalue weighted by molar-refractivity contribution is -0.116. The highest BCUT2D eigenvalue weighted by Gasteiger charge is 2.31. The molecule has 0 saturated carbocycles. The van der Waals surface area contributed by atoms with Crippen molar-refractivity contribution in [3.63, 3.8) is 0 Å². The van der Waals surface area contributed by atoms with Gasteiger partial charge in [0, 0.05) is 50.3 Å². The van der Waals surface area contributed by atoms with E-state index in [4.69, 9.17) is 4.98 Å². The predicted octanol–water partition coefficient (Wildman–Crippen LogP) is 2.91. The third kappa shape index (κ3) is 4.18. The monoisotopic (exact) mass is 423 g/mol. The highest BCUT2D eigenvalue weighted by Crippen LogP contribution is 2.38. The molecule has 2 aromatic rings. The number of nitrogens with zero attached hydrogens (tertiary/aromatic N) is 6. The van der Waals surface area contributed by atoms with Crippen molar-refractivity contribution >= 4 is 17.5 Å². The number of fused-ring (bicyclic) bond motifs is 1. The van der Waals surface area contributed by atoms with Crippen LogP contribution in [0, 0.1) is 6.92 Å². The summed E-state index contributed by atoms with van der Waals surface area (Å²) in [4.78, 5) is 30.7. The van der Waals surface area contributed by atoms with E-state index in [1.807, 2.05) is 0 Å². The molecule has 0 bridgehead atoms. The minimum atomic E-state index is 0.0412. The summed E-state index contributed by atoms with van der Waals surface area (Å²) in [5.74, 6) is 3.60. The van der Waals surface area contributed by atoms with Crippen molar-refractivity contribution in [3.05, 3.63) is 29.6 Å². The number of anilines is 2. The lowest BCUT2D eigenvalue weighted by Crippen LogP contribution is -2.36. The summed E-state index contributed by atoms with van der Waals surface area (Å²) in [6, 6.07) is 0. The Hall–Kier alpha value is -2.48. The Bertz CT molecular complexity index is 941. The molecule has 1 N–H and O–H groups in total. The zero-order chi connectivity index (χ0) is 21.4.